The predicted molar refractivity (Wildman–Crippen MR) is 220 cm³/mol. The Hall–Kier alpha value is -6.07. The van der Waals surface area contributed by atoms with Crippen molar-refractivity contribution in [1.82, 2.24) is 0 Å². The molecule has 0 aliphatic heterocycles. The number of anilines is 4. The summed E-state index contributed by atoms with van der Waals surface area (Å²) < 4.78 is 0.864. The van der Waals surface area contributed by atoms with E-state index in [9.17, 15) is 19.2 Å². The average Bonchev–Trinajstić information content (AvgIpc) is 3.22. The predicted octanol–water partition coefficient (Wildman–Crippen LogP) is 8.97. The fourth-order valence-electron chi connectivity index (χ4n) is 5.85. The van der Waals surface area contributed by atoms with Gasteiger partial charge in [0.1, 0.15) is 0 Å². The third kappa shape index (κ3) is 8.37. The molecule has 0 aromatic heterocycles. The minimum Gasteiger partial charge on any atom is -0.311 e. The number of hydrogen-bond donors (Lipinski definition) is 0. The van der Waals surface area contributed by atoms with Gasteiger partial charge in [-0.1, -0.05) is 60.7 Å². The van der Waals surface area contributed by atoms with Crippen LogP contribution >= 0.6 is 22.6 Å². The summed E-state index contributed by atoms with van der Waals surface area (Å²) in [6.45, 7) is 0.418. The van der Waals surface area contributed by atoms with Gasteiger partial charge in [0.25, 0.3) is 23.6 Å². The van der Waals surface area contributed by atoms with Gasteiger partial charge >= 0.3 is 0 Å². The lowest BCUT2D eigenvalue weighted by atomic mass is 10.1. The first-order valence-electron chi connectivity index (χ1n) is 16.9. The van der Waals surface area contributed by atoms with E-state index in [1.54, 1.807) is 110 Å². The van der Waals surface area contributed by atoms with Crippen LogP contribution in [0.3, 0.4) is 0 Å². The summed E-state index contributed by atoms with van der Waals surface area (Å²) in [5.41, 5.74) is 5.74. The van der Waals surface area contributed by atoms with E-state index in [2.05, 4.69) is 22.6 Å². The van der Waals surface area contributed by atoms with Crippen molar-refractivity contribution >= 4 is 69.0 Å². The van der Waals surface area contributed by atoms with E-state index < -0.39 is 0 Å². The number of carbonyl (C=O) groups excluding carboxylic acids is 4. The number of nitrogens with zero attached hydrogens (tertiary/aromatic N) is 4. The van der Waals surface area contributed by atoms with Crippen LogP contribution in [0.5, 0.6) is 0 Å². The van der Waals surface area contributed by atoms with E-state index in [-0.39, 0.29) is 23.6 Å². The zero-order chi connectivity index (χ0) is 37.5. The molecule has 0 saturated carbocycles. The fraction of sp³-hybridized carbons (Fsp3) is 0.0909. The zero-order valence-corrected chi connectivity index (χ0v) is 31.7. The summed E-state index contributed by atoms with van der Waals surface area (Å²) in [4.78, 5) is 60.0. The maximum Gasteiger partial charge on any atom is 0.259 e. The summed E-state index contributed by atoms with van der Waals surface area (Å²) in [7, 11) is 5.07. The minimum atomic E-state index is -0.237. The van der Waals surface area contributed by atoms with Crippen molar-refractivity contribution in [3.8, 4) is 0 Å². The van der Waals surface area contributed by atoms with Crippen molar-refractivity contribution in [3.63, 3.8) is 0 Å². The molecule has 0 unspecified atom stereocenters. The molecule has 6 aromatic rings. The molecular formula is C44H37IN4O4. The standard InChI is InChI=1S/C44H37IN4O4/c1-46(42(51)33-20-26-37(27-21-33)48(3)44(53)39-16-10-11-17-40(39)45)35-24-18-32(19-25-35)41(50)47(2)36-28-22-34(23-29-36)43(52)49(38-14-8-5-9-15-38)30-31-12-6-4-7-13-31/h4-29H,30H2,1-3H3. The number of hydrogen-bond acceptors (Lipinski definition) is 4. The molecule has 0 radical (unpaired) electrons. The molecule has 6 rings (SSSR count). The number of para-hydroxylation sites is 1. The zero-order valence-electron chi connectivity index (χ0n) is 29.5. The maximum atomic E-state index is 13.7. The minimum absolute atomic E-state index is 0.136. The summed E-state index contributed by atoms with van der Waals surface area (Å²) in [6.07, 6.45) is 0. The van der Waals surface area contributed by atoms with Crippen LogP contribution in [0.4, 0.5) is 22.7 Å². The maximum absolute atomic E-state index is 13.7. The van der Waals surface area contributed by atoms with Crippen molar-refractivity contribution in [3.05, 3.63) is 189 Å². The van der Waals surface area contributed by atoms with Crippen molar-refractivity contribution in [2.75, 3.05) is 40.7 Å². The molecule has 0 atom stereocenters. The second kappa shape index (κ2) is 16.5. The van der Waals surface area contributed by atoms with Crippen LogP contribution < -0.4 is 19.6 Å². The van der Waals surface area contributed by atoms with Crippen LogP contribution in [0.15, 0.2) is 158 Å². The highest BCUT2D eigenvalue weighted by atomic mass is 127. The highest BCUT2D eigenvalue weighted by molar-refractivity contribution is 14.1. The molecule has 0 fully saturated rings. The Morgan fingerprint density at radius 1 is 0.415 bits per heavy atom. The van der Waals surface area contributed by atoms with E-state index >= 15 is 0 Å². The Labute approximate surface area is 323 Å². The van der Waals surface area contributed by atoms with Crippen LogP contribution in [0.25, 0.3) is 0 Å². The first kappa shape index (κ1) is 36.7. The smallest absolute Gasteiger partial charge is 0.259 e. The molecule has 4 amide bonds. The van der Waals surface area contributed by atoms with E-state index in [1.165, 1.54) is 9.80 Å². The molecule has 8 nitrogen and oxygen atoms in total. The Morgan fingerprint density at radius 2 is 0.792 bits per heavy atom. The molecular weight excluding hydrogens is 775 g/mol. The van der Waals surface area contributed by atoms with E-state index in [4.69, 9.17) is 0 Å². The lowest BCUT2D eigenvalue weighted by Crippen LogP contribution is -2.30. The van der Waals surface area contributed by atoms with Gasteiger partial charge in [-0.2, -0.15) is 0 Å². The number of halogens is 1. The van der Waals surface area contributed by atoms with Gasteiger partial charge < -0.3 is 19.6 Å². The van der Waals surface area contributed by atoms with Gasteiger partial charge in [-0.15, -0.1) is 0 Å². The Morgan fingerprint density at radius 3 is 1.25 bits per heavy atom. The highest BCUT2D eigenvalue weighted by Gasteiger charge is 2.21. The first-order valence-corrected chi connectivity index (χ1v) is 18.0. The monoisotopic (exact) mass is 812 g/mol. The summed E-state index contributed by atoms with van der Waals surface area (Å²) in [6, 6.07) is 47.5. The normalized spacial score (nSPS) is 10.6. The lowest BCUT2D eigenvalue weighted by molar-refractivity contribution is 0.0979. The molecule has 0 saturated heterocycles. The fourth-order valence-corrected chi connectivity index (χ4v) is 6.47. The van der Waals surface area contributed by atoms with Gasteiger partial charge in [0.05, 0.1) is 12.1 Å². The lowest BCUT2D eigenvalue weighted by Gasteiger charge is -2.24. The van der Waals surface area contributed by atoms with Gasteiger partial charge in [0.15, 0.2) is 0 Å². The molecule has 0 spiro atoms. The molecule has 0 aliphatic carbocycles. The van der Waals surface area contributed by atoms with Crippen LogP contribution in [0, 0.1) is 3.57 Å². The number of rotatable bonds is 10. The Balaban J connectivity index is 1.10. The van der Waals surface area contributed by atoms with Crippen LogP contribution in [-0.4, -0.2) is 44.8 Å². The van der Waals surface area contributed by atoms with E-state index in [0.717, 1.165) is 14.8 Å². The van der Waals surface area contributed by atoms with Gasteiger partial charge in [-0.25, -0.2) is 0 Å². The molecule has 0 bridgehead atoms. The molecule has 264 valence electrons. The third-order valence-corrected chi connectivity index (χ3v) is 9.96. The summed E-state index contributed by atoms with van der Waals surface area (Å²) >= 11 is 2.14. The molecule has 6 aromatic carbocycles. The van der Waals surface area contributed by atoms with Gasteiger partial charge in [0, 0.05) is 64.2 Å². The van der Waals surface area contributed by atoms with Crippen molar-refractivity contribution in [1.29, 1.82) is 0 Å². The summed E-state index contributed by atoms with van der Waals surface area (Å²) in [5.74, 6) is -0.753. The largest absolute Gasteiger partial charge is 0.311 e. The quantitative estimate of drug-likeness (QED) is 0.130. The third-order valence-electron chi connectivity index (χ3n) is 9.02. The Kier molecular flexibility index (Phi) is 11.4. The molecule has 0 aliphatic rings. The van der Waals surface area contributed by atoms with Gasteiger partial charge in [-0.05, 0) is 125 Å². The van der Waals surface area contributed by atoms with E-state index in [0.29, 0.717) is 45.9 Å². The Bertz CT molecular complexity index is 2230. The van der Waals surface area contributed by atoms with Crippen LogP contribution in [-0.2, 0) is 6.54 Å². The molecule has 53 heavy (non-hydrogen) atoms. The van der Waals surface area contributed by atoms with Crippen molar-refractivity contribution < 1.29 is 19.2 Å². The number of benzene rings is 6. The molecule has 9 heteroatoms. The topological polar surface area (TPSA) is 81.2 Å². The van der Waals surface area contributed by atoms with E-state index in [1.807, 2.05) is 78.9 Å². The average molecular weight is 813 g/mol. The van der Waals surface area contributed by atoms with Crippen LogP contribution in [0.2, 0.25) is 0 Å². The second-order valence-electron chi connectivity index (χ2n) is 12.4. The number of amides is 4. The first-order chi connectivity index (χ1) is 25.6. The molecule has 0 heterocycles. The molecule has 0 N–H and O–H groups in total. The number of carbonyl (C=O) groups is 4. The summed E-state index contributed by atoms with van der Waals surface area (Å²) in [5, 5.41) is 0. The van der Waals surface area contributed by atoms with Gasteiger partial charge in [-0.3, -0.25) is 19.2 Å². The SMILES string of the molecule is CN(C(=O)c1ccc(N(C)C(=O)c2ccccc2I)cc1)c1ccc(C(=O)N(C)c2ccc(C(=O)N(Cc3ccccc3)c3ccccc3)cc2)cc1. The van der Waals surface area contributed by atoms with Crippen LogP contribution in [0.1, 0.15) is 47.0 Å². The second-order valence-corrected chi connectivity index (χ2v) is 13.6. The van der Waals surface area contributed by atoms with Gasteiger partial charge in [0.2, 0.25) is 0 Å². The van der Waals surface area contributed by atoms with Crippen molar-refractivity contribution in [2.24, 2.45) is 0 Å². The highest BCUT2D eigenvalue weighted by Crippen LogP contribution is 2.25. The van der Waals surface area contributed by atoms with Crippen molar-refractivity contribution in [2.45, 2.75) is 6.54 Å².